The molecule has 0 amide bonds. The lowest BCUT2D eigenvalue weighted by Crippen LogP contribution is -2.38. The summed E-state index contributed by atoms with van der Waals surface area (Å²) in [5.41, 5.74) is 4.02. The largest absolute Gasteiger partial charge is 0.512 e. The number of thioether (sulfide) groups is 1. The Kier molecular flexibility index (Phi) is 8.51. The minimum absolute atomic E-state index is 0.00167. The van der Waals surface area contributed by atoms with Gasteiger partial charge in [-0.1, -0.05) is 44.9 Å². The number of allylic oxidation sites excluding steroid dienone is 4. The van der Waals surface area contributed by atoms with Crippen LogP contribution in [0.15, 0.2) is 41.8 Å². The van der Waals surface area contributed by atoms with Crippen LogP contribution in [-0.2, 0) is 17.6 Å². The van der Waals surface area contributed by atoms with E-state index in [1.807, 2.05) is 6.92 Å². The molecule has 1 aliphatic carbocycles. The highest BCUT2D eigenvalue weighted by Gasteiger charge is 2.37. The molecule has 7 heteroatoms. The number of aliphatic hydroxyl groups is 1. The number of carbonyl (C=O) groups is 1. The molecule has 2 aliphatic rings. The minimum atomic E-state index is -4.38. The minimum Gasteiger partial charge on any atom is -0.512 e. The van der Waals surface area contributed by atoms with Crippen LogP contribution in [0.5, 0.6) is 0 Å². The summed E-state index contributed by atoms with van der Waals surface area (Å²) in [5, 5.41) is 14.0. The second kappa shape index (κ2) is 10.9. The van der Waals surface area contributed by atoms with Crippen molar-refractivity contribution in [2.75, 3.05) is 5.75 Å². The van der Waals surface area contributed by atoms with Crippen molar-refractivity contribution in [3.8, 4) is 0 Å². The van der Waals surface area contributed by atoms with Gasteiger partial charge in [0, 0.05) is 19.0 Å². The normalized spacial score (nSPS) is 23.8. The highest BCUT2D eigenvalue weighted by atomic mass is 32.2. The molecule has 3 nitrogen and oxygen atoms in total. The quantitative estimate of drug-likeness (QED) is 0.384. The zero-order valence-corrected chi connectivity index (χ0v) is 22.0. The van der Waals surface area contributed by atoms with E-state index in [-0.39, 0.29) is 23.4 Å². The van der Waals surface area contributed by atoms with Crippen molar-refractivity contribution in [3.63, 3.8) is 0 Å². The number of ketones is 1. The van der Waals surface area contributed by atoms with Gasteiger partial charge < -0.3 is 10.4 Å². The van der Waals surface area contributed by atoms with Crippen molar-refractivity contribution in [3.05, 3.63) is 64.1 Å². The molecule has 35 heavy (non-hydrogen) atoms. The molecule has 0 fully saturated rings. The molecular formula is C28H36F3NO2S. The number of benzene rings is 1. The van der Waals surface area contributed by atoms with Crippen molar-refractivity contribution in [2.45, 2.75) is 77.8 Å². The van der Waals surface area contributed by atoms with Crippen molar-refractivity contribution < 1.29 is 23.1 Å². The van der Waals surface area contributed by atoms with Gasteiger partial charge in [-0.25, -0.2) is 0 Å². The monoisotopic (exact) mass is 507 g/mol. The molecule has 0 aromatic heterocycles. The molecule has 1 aliphatic heterocycles. The summed E-state index contributed by atoms with van der Waals surface area (Å²) in [4.78, 5) is 12.7. The first-order valence-electron chi connectivity index (χ1n) is 12.4. The summed E-state index contributed by atoms with van der Waals surface area (Å²) in [6.07, 6.45) is 2.52. The molecule has 1 aromatic carbocycles. The maximum atomic E-state index is 13.4. The first-order valence-corrected chi connectivity index (χ1v) is 13.4. The summed E-state index contributed by atoms with van der Waals surface area (Å²) in [6, 6.07) is 4.20. The molecule has 192 valence electrons. The van der Waals surface area contributed by atoms with Crippen LogP contribution in [0.3, 0.4) is 0 Å². The van der Waals surface area contributed by atoms with Crippen LogP contribution < -0.4 is 5.32 Å². The standard InChI is InChI=1S/C28H36F3NO2S/c1-6-18-11-17(4)12-19(7-2)25(18)26-23(33)13-21(14-24(26)34)20(8-3)16-35-27(5)10-9-22(15-32-27)28(29,30)31/h9-12,15,20-21,32-33H,6-8,13-14,16H2,1-5H3. The smallest absolute Gasteiger partial charge is 0.417 e. The Bertz CT molecular complexity index is 1030. The lowest BCUT2D eigenvalue weighted by molar-refractivity contribution is -0.115. The van der Waals surface area contributed by atoms with E-state index < -0.39 is 16.6 Å². The summed E-state index contributed by atoms with van der Waals surface area (Å²) in [6.45, 7) is 10.1. The second-order valence-corrected chi connectivity index (χ2v) is 11.2. The number of aliphatic hydroxyl groups excluding tert-OH is 1. The topological polar surface area (TPSA) is 49.3 Å². The van der Waals surface area contributed by atoms with Gasteiger partial charge in [-0.15, -0.1) is 11.8 Å². The van der Waals surface area contributed by atoms with Gasteiger partial charge in [-0.05, 0) is 73.1 Å². The first-order chi connectivity index (χ1) is 16.4. The van der Waals surface area contributed by atoms with E-state index in [2.05, 4.69) is 45.1 Å². The van der Waals surface area contributed by atoms with E-state index in [0.29, 0.717) is 24.2 Å². The molecule has 1 heterocycles. The Morgan fingerprint density at radius 2 is 1.80 bits per heavy atom. The van der Waals surface area contributed by atoms with E-state index in [1.54, 1.807) is 6.08 Å². The molecule has 0 spiro atoms. The van der Waals surface area contributed by atoms with Gasteiger partial charge >= 0.3 is 6.18 Å². The number of halogens is 3. The molecule has 0 saturated carbocycles. The molecule has 0 radical (unpaired) electrons. The molecule has 3 unspecified atom stereocenters. The molecule has 2 N–H and O–H groups in total. The third-order valence-corrected chi connectivity index (χ3v) is 8.59. The number of aryl methyl sites for hydroxylation is 3. The number of hydrogen-bond acceptors (Lipinski definition) is 4. The molecular weight excluding hydrogens is 471 g/mol. The number of carbonyl (C=O) groups excluding carboxylic acids is 1. The zero-order valence-electron chi connectivity index (χ0n) is 21.2. The van der Waals surface area contributed by atoms with E-state index in [0.717, 1.165) is 53.8 Å². The molecule has 3 rings (SSSR count). The lowest BCUT2D eigenvalue weighted by atomic mass is 9.75. The van der Waals surface area contributed by atoms with Crippen molar-refractivity contribution in [1.82, 2.24) is 5.32 Å². The van der Waals surface area contributed by atoms with Crippen LogP contribution in [0.25, 0.3) is 5.57 Å². The van der Waals surface area contributed by atoms with Gasteiger partial charge in [0.2, 0.25) is 0 Å². The average Bonchev–Trinajstić information content (AvgIpc) is 2.79. The summed E-state index contributed by atoms with van der Waals surface area (Å²) in [7, 11) is 0. The number of alkyl halides is 3. The number of rotatable bonds is 8. The Balaban J connectivity index is 1.77. The maximum absolute atomic E-state index is 13.4. The van der Waals surface area contributed by atoms with E-state index >= 15 is 0 Å². The Morgan fingerprint density at radius 3 is 2.26 bits per heavy atom. The number of Topliss-reactive ketones (excluding diaryl/α,β-unsaturated/α-hetero) is 1. The predicted molar refractivity (Wildman–Crippen MR) is 138 cm³/mol. The van der Waals surface area contributed by atoms with Crippen molar-refractivity contribution in [2.24, 2.45) is 11.8 Å². The molecule has 3 atom stereocenters. The lowest BCUT2D eigenvalue weighted by Gasteiger charge is -2.35. The summed E-state index contributed by atoms with van der Waals surface area (Å²) >= 11 is 1.53. The third-order valence-electron chi connectivity index (χ3n) is 7.14. The molecule has 1 aromatic rings. The van der Waals surface area contributed by atoms with Crippen molar-refractivity contribution in [1.29, 1.82) is 0 Å². The van der Waals surface area contributed by atoms with Crippen molar-refractivity contribution >= 4 is 23.1 Å². The zero-order chi connectivity index (χ0) is 26.0. The number of dihydropyridines is 1. The van der Waals surface area contributed by atoms with Crippen LogP contribution in [0.2, 0.25) is 0 Å². The fraction of sp³-hybridized carbons (Fsp3) is 0.536. The predicted octanol–water partition coefficient (Wildman–Crippen LogP) is 7.45. The van der Waals surface area contributed by atoms with Gasteiger partial charge in [-0.3, -0.25) is 4.79 Å². The maximum Gasteiger partial charge on any atom is 0.417 e. The van der Waals surface area contributed by atoms with E-state index in [9.17, 15) is 23.1 Å². The Labute approximate surface area is 211 Å². The van der Waals surface area contributed by atoms with Crippen LogP contribution >= 0.6 is 11.8 Å². The fourth-order valence-corrected chi connectivity index (χ4v) is 6.44. The van der Waals surface area contributed by atoms with Crippen LogP contribution in [-0.4, -0.2) is 27.7 Å². The fourth-order valence-electron chi connectivity index (χ4n) is 5.06. The van der Waals surface area contributed by atoms with Crippen LogP contribution in [0.4, 0.5) is 13.2 Å². The summed E-state index contributed by atoms with van der Waals surface area (Å²) in [5.74, 6) is 0.979. The molecule has 0 saturated heterocycles. The average molecular weight is 508 g/mol. The highest BCUT2D eigenvalue weighted by molar-refractivity contribution is 8.00. The Hall–Kier alpha value is -2.15. The van der Waals surface area contributed by atoms with E-state index in [4.69, 9.17) is 0 Å². The number of nitrogens with one attached hydrogen (secondary N) is 1. The van der Waals surface area contributed by atoms with Gasteiger partial charge in [0.25, 0.3) is 0 Å². The molecule has 0 bridgehead atoms. The van der Waals surface area contributed by atoms with Gasteiger partial charge in [0.05, 0.1) is 16.0 Å². The second-order valence-electron chi connectivity index (χ2n) is 9.74. The van der Waals surface area contributed by atoms with Crippen LogP contribution in [0.1, 0.15) is 69.2 Å². The van der Waals surface area contributed by atoms with Gasteiger partial charge in [0.15, 0.2) is 5.78 Å². The number of hydrogen-bond donors (Lipinski definition) is 2. The van der Waals surface area contributed by atoms with E-state index in [1.165, 1.54) is 11.8 Å². The first kappa shape index (κ1) is 27.4. The summed E-state index contributed by atoms with van der Waals surface area (Å²) < 4.78 is 38.8. The van der Waals surface area contributed by atoms with Crippen LogP contribution in [0, 0.1) is 18.8 Å². The van der Waals surface area contributed by atoms with Gasteiger partial charge in [-0.2, -0.15) is 13.2 Å². The third kappa shape index (κ3) is 6.16. The Morgan fingerprint density at radius 1 is 1.17 bits per heavy atom. The van der Waals surface area contributed by atoms with Gasteiger partial charge in [0.1, 0.15) is 5.76 Å². The SMILES string of the molecule is CCc1cc(C)cc(CC)c1C1=C(O)CC(C(CC)CSC2(C)C=CC(C(F)(F)F)=CN2)CC1=O. The highest BCUT2D eigenvalue weighted by Crippen LogP contribution is 2.42.